The summed E-state index contributed by atoms with van der Waals surface area (Å²) < 4.78 is 1.78. The molecule has 134 valence electrons. The van der Waals surface area contributed by atoms with Gasteiger partial charge < -0.3 is 5.32 Å². The lowest BCUT2D eigenvalue weighted by Crippen LogP contribution is -2.15. The van der Waals surface area contributed by atoms with Gasteiger partial charge in [0.15, 0.2) is 0 Å². The molecule has 0 atom stereocenters. The number of hydrogen-bond acceptors (Lipinski definition) is 4. The van der Waals surface area contributed by atoms with Crippen LogP contribution in [0.2, 0.25) is 0 Å². The van der Waals surface area contributed by atoms with Crippen molar-refractivity contribution in [3.8, 4) is 11.3 Å². The normalized spacial score (nSPS) is 10.8. The maximum atomic E-state index is 10.8. The number of nitrogens with one attached hydrogen (secondary N) is 1. The van der Waals surface area contributed by atoms with Gasteiger partial charge in [-0.15, -0.1) is 0 Å². The topological polar surface area (TPSA) is 73.0 Å². The molecule has 1 heterocycles. The van der Waals surface area contributed by atoms with Gasteiger partial charge in [0.2, 0.25) is 0 Å². The van der Waals surface area contributed by atoms with Gasteiger partial charge in [-0.1, -0.05) is 30.3 Å². The van der Waals surface area contributed by atoms with Crippen molar-refractivity contribution in [3.63, 3.8) is 0 Å². The fourth-order valence-corrected chi connectivity index (χ4v) is 2.94. The van der Waals surface area contributed by atoms with Crippen LogP contribution in [-0.2, 0) is 20.0 Å². The first kappa shape index (κ1) is 17.8. The molecule has 0 bridgehead atoms. The van der Waals surface area contributed by atoms with E-state index < -0.39 is 4.92 Å². The number of non-ortho nitro benzene ring substituents is 1. The summed E-state index contributed by atoms with van der Waals surface area (Å²) in [7, 11) is 1.88. The van der Waals surface area contributed by atoms with E-state index in [0.717, 1.165) is 42.8 Å². The first-order chi connectivity index (χ1) is 12.6. The van der Waals surface area contributed by atoms with Crippen molar-refractivity contribution < 1.29 is 4.92 Å². The highest BCUT2D eigenvalue weighted by Gasteiger charge is 2.12. The average molecular weight is 350 g/mol. The van der Waals surface area contributed by atoms with Crippen LogP contribution in [0.5, 0.6) is 0 Å². The molecule has 0 saturated carbocycles. The van der Waals surface area contributed by atoms with E-state index in [1.54, 1.807) is 16.8 Å². The second-order valence-corrected chi connectivity index (χ2v) is 6.25. The molecule has 3 rings (SSSR count). The maximum Gasteiger partial charge on any atom is 0.269 e. The Morgan fingerprint density at radius 1 is 1.12 bits per heavy atom. The van der Waals surface area contributed by atoms with Gasteiger partial charge in [0.25, 0.3) is 5.69 Å². The van der Waals surface area contributed by atoms with Crippen LogP contribution in [0.15, 0.2) is 60.8 Å². The summed E-state index contributed by atoms with van der Waals surface area (Å²) in [5.41, 5.74) is 4.27. The molecule has 6 heteroatoms. The van der Waals surface area contributed by atoms with Crippen LogP contribution >= 0.6 is 0 Å². The zero-order valence-electron chi connectivity index (χ0n) is 14.8. The summed E-state index contributed by atoms with van der Waals surface area (Å²) in [4.78, 5) is 10.4. The Morgan fingerprint density at radius 2 is 1.85 bits per heavy atom. The molecule has 0 radical (unpaired) electrons. The molecule has 6 nitrogen and oxygen atoms in total. The van der Waals surface area contributed by atoms with Crippen molar-refractivity contribution in [1.29, 1.82) is 0 Å². The van der Waals surface area contributed by atoms with Gasteiger partial charge in [-0.3, -0.25) is 14.8 Å². The molecule has 0 aliphatic heterocycles. The molecule has 0 amide bonds. The minimum atomic E-state index is -0.391. The van der Waals surface area contributed by atoms with Crippen LogP contribution < -0.4 is 5.32 Å². The highest BCUT2D eigenvalue weighted by molar-refractivity contribution is 5.64. The van der Waals surface area contributed by atoms with Gasteiger partial charge in [-0.25, -0.2) is 0 Å². The number of benzene rings is 2. The Kier molecular flexibility index (Phi) is 5.76. The minimum Gasteiger partial charge on any atom is -0.313 e. The summed E-state index contributed by atoms with van der Waals surface area (Å²) >= 11 is 0. The third kappa shape index (κ3) is 4.55. The molecule has 2 aromatic carbocycles. The van der Waals surface area contributed by atoms with Gasteiger partial charge >= 0.3 is 0 Å². The number of hydrogen-bond donors (Lipinski definition) is 1. The van der Waals surface area contributed by atoms with Crippen molar-refractivity contribution in [2.75, 3.05) is 6.54 Å². The van der Waals surface area contributed by atoms with Gasteiger partial charge in [0.1, 0.15) is 0 Å². The van der Waals surface area contributed by atoms with E-state index in [1.165, 1.54) is 17.7 Å². The van der Waals surface area contributed by atoms with Crippen molar-refractivity contribution in [2.24, 2.45) is 7.05 Å². The van der Waals surface area contributed by atoms with Gasteiger partial charge in [-0.2, -0.15) is 5.10 Å². The van der Waals surface area contributed by atoms with E-state index in [1.807, 2.05) is 19.3 Å². The van der Waals surface area contributed by atoms with Crippen LogP contribution in [0, 0.1) is 10.1 Å². The molecule has 0 aliphatic carbocycles. The summed E-state index contributed by atoms with van der Waals surface area (Å²) in [6.07, 6.45) is 4.11. The number of nitro groups is 1. The van der Waals surface area contributed by atoms with Crippen LogP contribution in [0.4, 0.5) is 5.69 Å². The third-order valence-corrected chi connectivity index (χ3v) is 4.23. The second-order valence-electron chi connectivity index (χ2n) is 6.25. The predicted molar refractivity (Wildman–Crippen MR) is 102 cm³/mol. The van der Waals surface area contributed by atoms with E-state index in [2.05, 4.69) is 34.7 Å². The summed E-state index contributed by atoms with van der Waals surface area (Å²) in [6.45, 7) is 1.64. The Hall–Kier alpha value is -2.99. The molecule has 26 heavy (non-hydrogen) atoms. The molecule has 0 aliphatic rings. The first-order valence-corrected chi connectivity index (χ1v) is 8.65. The Morgan fingerprint density at radius 3 is 2.54 bits per heavy atom. The van der Waals surface area contributed by atoms with Gasteiger partial charge in [0.05, 0.1) is 10.6 Å². The Bertz CT molecular complexity index is 857. The smallest absolute Gasteiger partial charge is 0.269 e. The monoisotopic (exact) mass is 350 g/mol. The SMILES string of the molecule is Cn1cc(CNCCCc2ccccc2)c(-c2ccc([N+](=O)[O-])cc2)n1. The third-order valence-electron chi connectivity index (χ3n) is 4.23. The van der Waals surface area contributed by atoms with E-state index in [-0.39, 0.29) is 5.69 Å². The van der Waals surface area contributed by atoms with Crippen LogP contribution in [0.25, 0.3) is 11.3 Å². The first-order valence-electron chi connectivity index (χ1n) is 8.65. The molecular formula is C20H22N4O2. The maximum absolute atomic E-state index is 10.8. The van der Waals surface area contributed by atoms with Crippen molar-refractivity contribution >= 4 is 5.69 Å². The van der Waals surface area contributed by atoms with E-state index >= 15 is 0 Å². The fourth-order valence-electron chi connectivity index (χ4n) is 2.94. The van der Waals surface area contributed by atoms with Gasteiger partial charge in [-0.05, 0) is 37.1 Å². The molecular weight excluding hydrogens is 328 g/mol. The van der Waals surface area contributed by atoms with Crippen LogP contribution in [0.1, 0.15) is 17.5 Å². The number of aryl methyl sites for hydroxylation is 2. The Balaban J connectivity index is 1.58. The predicted octanol–water partition coefficient (Wildman–Crippen LogP) is 3.72. The molecule has 0 spiro atoms. The quantitative estimate of drug-likeness (QED) is 0.382. The van der Waals surface area contributed by atoms with Gasteiger partial charge in [0, 0.05) is 43.0 Å². The van der Waals surface area contributed by atoms with Crippen LogP contribution in [0.3, 0.4) is 0 Å². The Labute approximate surface area is 152 Å². The van der Waals surface area contributed by atoms with Crippen molar-refractivity contribution in [2.45, 2.75) is 19.4 Å². The lowest BCUT2D eigenvalue weighted by atomic mass is 10.1. The lowest BCUT2D eigenvalue weighted by molar-refractivity contribution is -0.384. The summed E-state index contributed by atoms with van der Waals surface area (Å²) in [6, 6.07) is 17.0. The van der Waals surface area contributed by atoms with E-state index in [4.69, 9.17) is 0 Å². The molecule has 3 aromatic rings. The molecule has 1 N–H and O–H groups in total. The molecule has 1 aromatic heterocycles. The highest BCUT2D eigenvalue weighted by Crippen LogP contribution is 2.24. The lowest BCUT2D eigenvalue weighted by Gasteiger charge is -2.06. The highest BCUT2D eigenvalue weighted by atomic mass is 16.6. The summed E-state index contributed by atoms with van der Waals surface area (Å²) in [5.74, 6) is 0. The average Bonchev–Trinajstić information content (AvgIpc) is 3.03. The van der Waals surface area contributed by atoms with E-state index in [0.29, 0.717) is 0 Å². The number of nitrogens with zero attached hydrogens (tertiary/aromatic N) is 3. The molecule has 0 unspecified atom stereocenters. The minimum absolute atomic E-state index is 0.0882. The number of aromatic nitrogens is 2. The number of rotatable bonds is 8. The van der Waals surface area contributed by atoms with Crippen molar-refractivity contribution in [3.05, 3.63) is 82.0 Å². The summed E-state index contributed by atoms with van der Waals surface area (Å²) in [5, 5.41) is 18.8. The van der Waals surface area contributed by atoms with E-state index in [9.17, 15) is 10.1 Å². The van der Waals surface area contributed by atoms with Crippen molar-refractivity contribution in [1.82, 2.24) is 15.1 Å². The molecule has 0 fully saturated rings. The number of nitro benzene ring substituents is 1. The largest absolute Gasteiger partial charge is 0.313 e. The fraction of sp³-hybridized carbons (Fsp3) is 0.250. The zero-order valence-corrected chi connectivity index (χ0v) is 14.8. The second kappa shape index (κ2) is 8.40. The zero-order chi connectivity index (χ0) is 18.4. The molecule has 0 saturated heterocycles. The standard InChI is InChI=1S/C20H22N4O2/c1-23-15-18(14-21-13-5-8-16-6-3-2-4-7-16)20(22-23)17-9-11-19(12-10-17)24(25)26/h2-4,6-7,9-12,15,21H,5,8,13-14H2,1H3. The van der Waals surface area contributed by atoms with Crippen LogP contribution in [-0.4, -0.2) is 21.2 Å².